The van der Waals surface area contributed by atoms with Gasteiger partial charge in [0.15, 0.2) is 6.29 Å². The Morgan fingerprint density at radius 2 is 1.96 bits per heavy atom. The topological polar surface area (TPSA) is 61.1 Å². The number of benzene rings is 1. The van der Waals surface area contributed by atoms with Gasteiger partial charge >= 0.3 is 0 Å². The molecule has 2 unspecified atom stereocenters. The predicted molar refractivity (Wildman–Crippen MR) is 92.1 cm³/mol. The number of carbonyl (C=O) groups is 1. The Balaban J connectivity index is 2.12. The van der Waals surface area contributed by atoms with Crippen LogP contribution in [0.15, 0.2) is 37.0 Å². The van der Waals surface area contributed by atoms with Crippen LogP contribution < -0.4 is 10.7 Å². The van der Waals surface area contributed by atoms with Crippen molar-refractivity contribution in [3.05, 3.63) is 48.0 Å². The lowest BCUT2D eigenvalue weighted by molar-refractivity contribution is 0.112. The largest absolute Gasteiger partial charge is 0.355 e. The Morgan fingerprint density at radius 1 is 1.30 bits per heavy atom. The molecule has 5 heteroatoms. The average Bonchev–Trinajstić information content (AvgIpc) is 2.54. The molecule has 2 aromatic rings. The van der Waals surface area contributed by atoms with E-state index in [0.717, 1.165) is 36.1 Å². The van der Waals surface area contributed by atoms with Gasteiger partial charge in [-0.2, -0.15) is 0 Å². The normalized spacial score (nSPS) is 21.4. The zero-order valence-electron chi connectivity index (χ0n) is 13.5. The van der Waals surface area contributed by atoms with Gasteiger partial charge in [0.2, 0.25) is 0 Å². The third-order valence-corrected chi connectivity index (χ3v) is 4.32. The zero-order chi connectivity index (χ0) is 16.6. The first kappa shape index (κ1) is 15.5. The molecule has 3 rings (SSSR count). The second kappa shape index (κ2) is 6.01. The summed E-state index contributed by atoms with van der Waals surface area (Å²) in [5, 5.41) is 12.7. The molecule has 0 saturated carbocycles. The summed E-state index contributed by atoms with van der Waals surface area (Å²) in [6.07, 6.45) is 2.46. The molecule has 0 amide bonds. The van der Waals surface area contributed by atoms with E-state index >= 15 is 0 Å². The van der Waals surface area contributed by atoms with Gasteiger partial charge in [0.25, 0.3) is 0 Å². The second-order valence-electron chi connectivity index (χ2n) is 6.25. The Bertz CT molecular complexity index is 813. The average molecular weight is 310 g/mol. The highest BCUT2D eigenvalue weighted by atomic mass is 16.1. The molecule has 2 atom stereocenters. The molecule has 2 N–H and O–H groups in total. The van der Waals surface area contributed by atoms with Gasteiger partial charge in [0.05, 0.1) is 16.4 Å². The summed E-state index contributed by atoms with van der Waals surface area (Å²) in [6, 6.07) is 8.41. The van der Waals surface area contributed by atoms with Crippen LogP contribution in [0.5, 0.6) is 0 Å². The fourth-order valence-corrected chi connectivity index (χ4v) is 3.32. The Kier molecular flexibility index (Phi) is 4.05. The van der Waals surface area contributed by atoms with E-state index in [0.29, 0.717) is 17.6 Å². The van der Waals surface area contributed by atoms with Crippen molar-refractivity contribution in [3.63, 3.8) is 0 Å². The Labute approximate surface area is 135 Å². The second-order valence-corrected chi connectivity index (χ2v) is 6.25. The Morgan fingerprint density at radius 3 is 2.61 bits per heavy atom. The molecule has 1 aliphatic heterocycles. The van der Waals surface area contributed by atoms with Crippen molar-refractivity contribution < 1.29 is 4.79 Å². The van der Waals surface area contributed by atoms with E-state index in [9.17, 15) is 4.79 Å². The number of fused-ring (bicyclic) bond motifs is 1. The lowest BCUT2D eigenvalue weighted by atomic mass is 10.1. The van der Waals surface area contributed by atoms with E-state index in [1.54, 1.807) is 6.20 Å². The quantitative estimate of drug-likeness (QED) is 0.853. The minimum absolute atomic E-state index is 0.265. The molecule has 0 radical (unpaired) electrons. The van der Waals surface area contributed by atoms with Gasteiger partial charge in [0.1, 0.15) is 5.82 Å². The Hall–Kier alpha value is -2.40. The van der Waals surface area contributed by atoms with Gasteiger partial charge in [-0.05, 0) is 19.9 Å². The van der Waals surface area contributed by atoms with E-state index < -0.39 is 0 Å². The molecule has 0 bridgehead atoms. The van der Waals surface area contributed by atoms with Crippen LogP contribution in [0.1, 0.15) is 24.2 Å². The maximum Gasteiger partial charge on any atom is 0.153 e. The van der Waals surface area contributed by atoms with E-state index in [1.807, 2.05) is 28.8 Å². The summed E-state index contributed by atoms with van der Waals surface area (Å²) in [4.78, 5) is 13.6. The molecule has 0 spiro atoms. The van der Waals surface area contributed by atoms with E-state index in [4.69, 9.17) is 5.41 Å². The third-order valence-electron chi connectivity index (χ3n) is 4.32. The van der Waals surface area contributed by atoms with Crippen LogP contribution in [0.4, 0.5) is 0 Å². The molecule has 0 aliphatic carbocycles. The lowest BCUT2D eigenvalue weighted by Gasteiger charge is -2.39. The maximum atomic E-state index is 11.3. The summed E-state index contributed by atoms with van der Waals surface area (Å²) < 4.78 is 1.93. The summed E-state index contributed by atoms with van der Waals surface area (Å²) in [5.41, 5.74) is 1.27. The fourth-order valence-electron chi connectivity index (χ4n) is 3.32. The van der Waals surface area contributed by atoms with Crippen molar-refractivity contribution in [2.45, 2.75) is 25.9 Å². The molecule has 1 aliphatic rings. The standard InChI is InChI=1S/C18H22N4O/c1-12-8-21(9-13(2)20-12)14(3)22-10-15(11-23)18(19)16-6-4-5-7-17(16)22/h4-7,10-13,19-20H,3,8-9H2,1-2H3. The van der Waals surface area contributed by atoms with Crippen LogP contribution in [0.25, 0.3) is 16.7 Å². The number of carbonyl (C=O) groups excluding carboxylic acids is 1. The third kappa shape index (κ3) is 2.80. The van der Waals surface area contributed by atoms with Crippen molar-refractivity contribution in [2.24, 2.45) is 0 Å². The van der Waals surface area contributed by atoms with Crippen molar-refractivity contribution in [3.8, 4) is 0 Å². The number of pyridine rings is 1. The summed E-state index contributed by atoms with van der Waals surface area (Å²) >= 11 is 0. The minimum Gasteiger partial charge on any atom is -0.355 e. The number of hydrogen-bond donors (Lipinski definition) is 2. The van der Waals surface area contributed by atoms with Crippen molar-refractivity contribution in [1.82, 2.24) is 14.8 Å². The first-order valence-electron chi connectivity index (χ1n) is 7.85. The van der Waals surface area contributed by atoms with Crippen molar-refractivity contribution in [1.29, 1.82) is 5.41 Å². The van der Waals surface area contributed by atoms with Crippen LogP contribution >= 0.6 is 0 Å². The molecule has 1 fully saturated rings. The molecule has 5 nitrogen and oxygen atoms in total. The first-order valence-corrected chi connectivity index (χ1v) is 7.85. The number of nitrogens with one attached hydrogen (secondary N) is 2. The van der Waals surface area contributed by atoms with Gasteiger partial charge in [-0.15, -0.1) is 0 Å². The minimum atomic E-state index is 0.265. The number of piperazine rings is 1. The zero-order valence-corrected chi connectivity index (χ0v) is 13.5. The smallest absolute Gasteiger partial charge is 0.153 e. The summed E-state index contributed by atoms with van der Waals surface area (Å²) in [7, 11) is 0. The van der Waals surface area contributed by atoms with Crippen LogP contribution in [-0.4, -0.2) is 40.9 Å². The molecule has 1 aromatic heterocycles. The molecule has 120 valence electrons. The molecule has 2 heterocycles. The molecule has 1 saturated heterocycles. The van der Waals surface area contributed by atoms with Crippen molar-refractivity contribution in [2.75, 3.05) is 13.1 Å². The number of aromatic nitrogens is 1. The predicted octanol–water partition coefficient (Wildman–Crippen LogP) is 2.04. The first-order chi connectivity index (χ1) is 11.0. The number of hydrogen-bond acceptors (Lipinski definition) is 4. The maximum absolute atomic E-state index is 11.3. The fraction of sp³-hybridized carbons (Fsp3) is 0.333. The highest BCUT2D eigenvalue weighted by Gasteiger charge is 2.23. The number of rotatable bonds is 3. The van der Waals surface area contributed by atoms with Gasteiger partial charge in [-0.1, -0.05) is 24.8 Å². The molecular formula is C18H22N4O. The lowest BCUT2D eigenvalue weighted by Crippen LogP contribution is -2.53. The van der Waals surface area contributed by atoms with Gasteiger partial charge in [-0.25, -0.2) is 0 Å². The number of nitrogens with zero attached hydrogens (tertiary/aromatic N) is 2. The SMILES string of the molecule is C=C(N1CC(C)NC(C)C1)n1cc(C=O)c(=N)c2ccccc21. The highest BCUT2D eigenvalue weighted by molar-refractivity contribution is 5.87. The van der Waals surface area contributed by atoms with E-state index in [2.05, 4.69) is 30.6 Å². The summed E-state index contributed by atoms with van der Waals surface area (Å²) in [5.74, 6) is 0.838. The molecule has 23 heavy (non-hydrogen) atoms. The van der Waals surface area contributed by atoms with Gasteiger partial charge in [0, 0.05) is 36.8 Å². The van der Waals surface area contributed by atoms with Crippen molar-refractivity contribution >= 4 is 23.0 Å². The molecular weight excluding hydrogens is 288 g/mol. The van der Waals surface area contributed by atoms with Crippen LogP contribution in [0.3, 0.4) is 0 Å². The van der Waals surface area contributed by atoms with E-state index in [-0.39, 0.29) is 5.36 Å². The molecule has 1 aromatic carbocycles. The summed E-state index contributed by atoms with van der Waals surface area (Å²) in [6.45, 7) is 10.3. The van der Waals surface area contributed by atoms with Gasteiger partial charge in [-0.3, -0.25) is 10.2 Å². The monoisotopic (exact) mass is 310 g/mol. The van der Waals surface area contributed by atoms with Crippen LogP contribution in [0, 0.1) is 5.41 Å². The van der Waals surface area contributed by atoms with Crippen LogP contribution in [0.2, 0.25) is 0 Å². The number of aldehydes is 1. The van der Waals surface area contributed by atoms with Crippen LogP contribution in [-0.2, 0) is 0 Å². The highest BCUT2D eigenvalue weighted by Crippen LogP contribution is 2.20. The van der Waals surface area contributed by atoms with Gasteiger partial charge < -0.3 is 14.8 Å². The van der Waals surface area contributed by atoms with E-state index in [1.165, 1.54) is 0 Å². The number of para-hydroxylation sites is 1.